The molecule has 0 aliphatic heterocycles. The normalized spacial score (nSPS) is 10.8. The van der Waals surface area contributed by atoms with Crippen molar-refractivity contribution in [1.29, 1.82) is 5.26 Å². The van der Waals surface area contributed by atoms with Gasteiger partial charge in [-0.05, 0) is 54.6 Å². The highest BCUT2D eigenvalue weighted by atomic mass is 35.5. The van der Waals surface area contributed by atoms with Gasteiger partial charge in [-0.1, -0.05) is 23.7 Å². The Hall–Kier alpha value is -3.21. The maximum absolute atomic E-state index is 12.7. The van der Waals surface area contributed by atoms with Crippen LogP contribution in [0, 0.1) is 11.3 Å². The zero-order valence-electron chi connectivity index (χ0n) is 15.8. The van der Waals surface area contributed by atoms with Gasteiger partial charge in [0.25, 0.3) is 10.0 Å². The van der Waals surface area contributed by atoms with E-state index in [9.17, 15) is 13.7 Å². The van der Waals surface area contributed by atoms with Crippen LogP contribution in [0.2, 0.25) is 5.02 Å². The van der Waals surface area contributed by atoms with Crippen LogP contribution in [0.4, 0.5) is 11.4 Å². The van der Waals surface area contributed by atoms with Gasteiger partial charge in [0.1, 0.15) is 23.1 Å². The van der Waals surface area contributed by atoms with E-state index in [1.54, 1.807) is 36.4 Å². The summed E-state index contributed by atoms with van der Waals surface area (Å²) >= 11 is 6.00. The maximum Gasteiger partial charge on any atom is 0.261 e. The predicted molar refractivity (Wildman–Crippen MR) is 114 cm³/mol. The van der Waals surface area contributed by atoms with Crippen molar-refractivity contribution >= 4 is 33.0 Å². The zero-order chi connectivity index (χ0) is 21.0. The molecular formula is C21H18ClN3O3S. The summed E-state index contributed by atoms with van der Waals surface area (Å²) in [7, 11) is -0.00459. The third kappa shape index (κ3) is 4.80. The van der Waals surface area contributed by atoms with Gasteiger partial charge in [0.05, 0.1) is 15.6 Å². The third-order valence-corrected chi connectivity index (χ3v) is 5.78. The first kappa shape index (κ1) is 20.5. The maximum atomic E-state index is 12.7. The number of sulfonamides is 1. The van der Waals surface area contributed by atoms with E-state index < -0.39 is 10.0 Å². The molecule has 0 saturated carbocycles. The van der Waals surface area contributed by atoms with Crippen LogP contribution in [-0.4, -0.2) is 22.5 Å². The van der Waals surface area contributed by atoms with Crippen molar-refractivity contribution < 1.29 is 13.2 Å². The monoisotopic (exact) mass is 427 g/mol. The van der Waals surface area contributed by atoms with E-state index in [1.165, 1.54) is 24.3 Å². The molecule has 0 atom stereocenters. The van der Waals surface area contributed by atoms with E-state index in [2.05, 4.69) is 4.72 Å². The summed E-state index contributed by atoms with van der Waals surface area (Å²) in [6.45, 7) is 0. The Morgan fingerprint density at radius 3 is 2.38 bits per heavy atom. The number of hydrogen-bond donors (Lipinski definition) is 1. The van der Waals surface area contributed by atoms with E-state index in [4.69, 9.17) is 16.3 Å². The minimum absolute atomic E-state index is 0.0895. The smallest absolute Gasteiger partial charge is 0.261 e. The van der Waals surface area contributed by atoms with Crippen LogP contribution in [0.5, 0.6) is 11.5 Å². The quantitative estimate of drug-likeness (QED) is 0.606. The standard InChI is InChI=1S/C21H18ClN3O3S/c1-25(2)16-6-3-5-15(13-16)24-29(26,27)18-11-9-17(10-12-18)28-21-8-4-7-20(22)19(21)14-23/h3-13,24H,1-2H3. The summed E-state index contributed by atoms with van der Waals surface area (Å²) in [5.74, 6) is 0.687. The summed E-state index contributed by atoms with van der Waals surface area (Å²) in [5.41, 5.74) is 1.56. The lowest BCUT2D eigenvalue weighted by atomic mass is 10.2. The highest BCUT2D eigenvalue weighted by Gasteiger charge is 2.15. The predicted octanol–water partition coefficient (Wildman–Crippen LogP) is 4.87. The highest BCUT2D eigenvalue weighted by Crippen LogP contribution is 2.30. The Morgan fingerprint density at radius 1 is 1.03 bits per heavy atom. The summed E-state index contributed by atoms with van der Waals surface area (Å²) < 4.78 is 33.6. The van der Waals surface area contributed by atoms with Crippen LogP contribution in [0.3, 0.4) is 0 Å². The summed E-state index contributed by atoms with van der Waals surface area (Å²) in [6.07, 6.45) is 0. The second kappa shape index (κ2) is 8.43. The lowest BCUT2D eigenvalue weighted by Gasteiger charge is -2.15. The van der Waals surface area contributed by atoms with Gasteiger partial charge in [-0.15, -0.1) is 0 Å². The Kier molecular flexibility index (Phi) is 5.97. The van der Waals surface area contributed by atoms with Gasteiger partial charge in [0, 0.05) is 19.8 Å². The van der Waals surface area contributed by atoms with Gasteiger partial charge in [0.15, 0.2) is 0 Å². The number of benzene rings is 3. The summed E-state index contributed by atoms with van der Waals surface area (Å²) in [6, 6.07) is 19.9. The summed E-state index contributed by atoms with van der Waals surface area (Å²) in [4.78, 5) is 1.97. The molecule has 0 aliphatic rings. The molecule has 0 amide bonds. The number of rotatable bonds is 6. The molecule has 3 aromatic carbocycles. The largest absolute Gasteiger partial charge is 0.456 e. The van der Waals surface area contributed by atoms with Crippen molar-refractivity contribution in [2.45, 2.75) is 4.90 Å². The number of nitriles is 1. The van der Waals surface area contributed by atoms with Crippen molar-refractivity contribution in [1.82, 2.24) is 0 Å². The van der Waals surface area contributed by atoms with E-state index in [-0.39, 0.29) is 15.5 Å². The topological polar surface area (TPSA) is 82.4 Å². The zero-order valence-corrected chi connectivity index (χ0v) is 17.3. The minimum atomic E-state index is -3.76. The molecule has 0 spiro atoms. The fourth-order valence-corrected chi connectivity index (χ4v) is 3.83. The van der Waals surface area contributed by atoms with Gasteiger partial charge in [-0.25, -0.2) is 8.42 Å². The van der Waals surface area contributed by atoms with Gasteiger partial charge >= 0.3 is 0 Å². The van der Waals surface area contributed by atoms with Crippen LogP contribution in [-0.2, 0) is 10.0 Å². The second-order valence-electron chi connectivity index (χ2n) is 6.35. The number of nitrogens with one attached hydrogen (secondary N) is 1. The summed E-state index contributed by atoms with van der Waals surface area (Å²) in [5, 5.41) is 9.50. The van der Waals surface area contributed by atoms with E-state index in [1.807, 2.05) is 31.1 Å². The Balaban J connectivity index is 1.80. The number of anilines is 2. The van der Waals surface area contributed by atoms with E-state index in [0.29, 0.717) is 17.2 Å². The molecular weight excluding hydrogens is 410 g/mol. The average Bonchev–Trinajstić information content (AvgIpc) is 2.68. The van der Waals surface area contributed by atoms with Crippen molar-refractivity contribution in [3.63, 3.8) is 0 Å². The molecule has 148 valence electrons. The lowest BCUT2D eigenvalue weighted by Crippen LogP contribution is -2.14. The first-order valence-corrected chi connectivity index (χ1v) is 10.4. The number of hydrogen-bond acceptors (Lipinski definition) is 5. The van der Waals surface area contributed by atoms with Crippen molar-refractivity contribution in [3.8, 4) is 17.6 Å². The molecule has 6 nitrogen and oxygen atoms in total. The average molecular weight is 428 g/mol. The molecule has 0 aromatic heterocycles. The first-order valence-electron chi connectivity index (χ1n) is 8.57. The number of nitrogens with zero attached hydrogens (tertiary/aromatic N) is 2. The first-order chi connectivity index (χ1) is 13.8. The third-order valence-electron chi connectivity index (χ3n) is 4.06. The molecule has 0 aliphatic carbocycles. The van der Waals surface area contributed by atoms with Crippen LogP contribution >= 0.6 is 11.6 Å². The highest BCUT2D eigenvalue weighted by molar-refractivity contribution is 7.92. The Labute approximate surface area is 175 Å². The Bertz CT molecular complexity index is 1170. The van der Waals surface area contributed by atoms with Crippen molar-refractivity contribution in [2.75, 3.05) is 23.7 Å². The fourth-order valence-electron chi connectivity index (χ4n) is 2.57. The van der Waals surface area contributed by atoms with E-state index in [0.717, 1.165) is 5.69 Å². The SMILES string of the molecule is CN(C)c1cccc(NS(=O)(=O)c2ccc(Oc3cccc(Cl)c3C#N)cc2)c1. The second-order valence-corrected chi connectivity index (χ2v) is 8.44. The molecule has 3 rings (SSSR count). The molecule has 0 bridgehead atoms. The molecule has 1 N–H and O–H groups in total. The number of ether oxygens (including phenoxy) is 1. The minimum Gasteiger partial charge on any atom is -0.456 e. The Morgan fingerprint density at radius 2 is 1.72 bits per heavy atom. The van der Waals surface area contributed by atoms with Crippen molar-refractivity contribution in [2.24, 2.45) is 0 Å². The number of halogens is 1. The van der Waals surface area contributed by atoms with Gasteiger partial charge < -0.3 is 9.64 Å². The molecule has 0 saturated heterocycles. The fraction of sp³-hybridized carbons (Fsp3) is 0.0952. The van der Waals surface area contributed by atoms with E-state index >= 15 is 0 Å². The molecule has 0 heterocycles. The van der Waals surface area contributed by atoms with Gasteiger partial charge in [-0.3, -0.25) is 4.72 Å². The van der Waals surface area contributed by atoms with Gasteiger partial charge in [0.2, 0.25) is 0 Å². The van der Waals surface area contributed by atoms with Crippen LogP contribution in [0.1, 0.15) is 5.56 Å². The molecule has 0 radical (unpaired) electrons. The molecule has 0 fully saturated rings. The van der Waals surface area contributed by atoms with Crippen LogP contribution in [0.25, 0.3) is 0 Å². The molecule has 0 unspecified atom stereocenters. The van der Waals surface area contributed by atoms with Crippen molar-refractivity contribution in [3.05, 3.63) is 77.3 Å². The van der Waals surface area contributed by atoms with Crippen LogP contribution < -0.4 is 14.4 Å². The lowest BCUT2D eigenvalue weighted by molar-refractivity contribution is 0.480. The molecule has 8 heteroatoms. The molecule has 3 aromatic rings. The molecule has 29 heavy (non-hydrogen) atoms. The van der Waals surface area contributed by atoms with Crippen LogP contribution in [0.15, 0.2) is 71.6 Å². The van der Waals surface area contributed by atoms with Gasteiger partial charge in [-0.2, -0.15) is 5.26 Å².